The highest BCUT2D eigenvalue weighted by Gasteiger charge is 2.09. The van der Waals surface area contributed by atoms with Crippen molar-refractivity contribution in [2.45, 2.75) is 6.54 Å². The van der Waals surface area contributed by atoms with Crippen molar-refractivity contribution in [1.82, 2.24) is 15.5 Å². The summed E-state index contributed by atoms with van der Waals surface area (Å²) in [7, 11) is 1.83. The average molecular weight is 350 g/mol. The summed E-state index contributed by atoms with van der Waals surface area (Å²) >= 11 is 8.19. The number of halogens is 2. The fraction of sp³-hybridized carbons (Fsp3) is 0.200. The van der Waals surface area contributed by atoms with E-state index in [1.807, 2.05) is 25.2 Å². The average Bonchev–Trinajstić information content (AvgIpc) is 2.71. The lowest BCUT2D eigenvalue weighted by molar-refractivity contribution is 0.420. The molecule has 0 amide bonds. The highest BCUT2D eigenvalue weighted by Crippen LogP contribution is 2.25. The van der Waals surface area contributed by atoms with Crippen molar-refractivity contribution in [1.29, 1.82) is 0 Å². The van der Waals surface area contributed by atoms with Crippen LogP contribution in [0.25, 0.3) is 11.5 Å². The number of rotatable bonds is 3. The van der Waals surface area contributed by atoms with Crippen LogP contribution in [0.2, 0.25) is 5.02 Å². The molecule has 0 aliphatic heterocycles. The highest BCUT2D eigenvalue weighted by molar-refractivity contribution is 14.1. The lowest BCUT2D eigenvalue weighted by Crippen LogP contribution is -2.06. The molecule has 1 heterocycles. The van der Waals surface area contributed by atoms with E-state index in [1.54, 1.807) is 0 Å². The molecule has 2 aromatic rings. The van der Waals surface area contributed by atoms with Gasteiger partial charge in [-0.25, -0.2) is 0 Å². The van der Waals surface area contributed by atoms with Gasteiger partial charge >= 0.3 is 0 Å². The molecule has 0 radical (unpaired) electrons. The van der Waals surface area contributed by atoms with Crippen LogP contribution in [0.3, 0.4) is 0 Å². The summed E-state index contributed by atoms with van der Waals surface area (Å²) < 4.78 is 6.13. The summed E-state index contributed by atoms with van der Waals surface area (Å²) in [6, 6.07) is 5.64. The summed E-state index contributed by atoms with van der Waals surface area (Å²) in [6.45, 7) is 0.585. The Hall–Kier alpha value is -0.660. The lowest BCUT2D eigenvalue weighted by Gasteiger charge is -1.97. The Labute approximate surface area is 112 Å². The van der Waals surface area contributed by atoms with E-state index >= 15 is 0 Å². The standard InChI is InChI=1S/C10H9ClIN3O/c1-13-5-9-14-10(16-15-9)6-2-3-8(12)7(11)4-6/h2-4,13H,5H2,1H3. The molecule has 0 aliphatic carbocycles. The molecule has 4 nitrogen and oxygen atoms in total. The molecule has 0 bridgehead atoms. The molecule has 0 saturated heterocycles. The van der Waals surface area contributed by atoms with Crippen molar-refractivity contribution in [3.05, 3.63) is 32.6 Å². The van der Waals surface area contributed by atoms with E-state index in [4.69, 9.17) is 16.1 Å². The van der Waals surface area contributed by atoms with E-state index in [0.29, 0.717) is 23.3 Å². The first-order valence-electron chi connectivity index (χ1n) is 4.63. The van der Waals surface area contributed by atoms with Crippen LogP contribution in [-0.4, -0.2) is 17.2 Å². The van der Waals surface area contributed by atoms with Crippen molar-refractivity contribution in [2.24, 2.45) is 0 Å². The van der Waals surface area contributed by atoms with E-state index in [2.05, 4.69) is 38.0 Å². The second-order valence-electron chi connectivity index (χ2n) is 3.17. The molecule has 6 heteroatoms. The largest absolute Gasteiger partial charge is 0.334 e. The molecule has 1 aromatic carbocycles. The molecular formula is C10H9ClIN3O. The van der Waals surface area contributed by atoms with Gasteiger partial charge in [0, 0.05) is 9.13 Å². The van der Waals surface area contributed by atoms with Crippen molar-refractivity contribution < 1.29 is 4.52 Å². The first kappa shape index (κ1) is 11.8. The number of nitrogens with one attached hydrogen (secondary N) is 1. The summed E-state index contributed by atoms with van der Waals surface area (Å²) in [4.78, 5) is 4.24. The van der Waals surface area contributed by atoms with Gasteiger partial charge in [-0.1, -0.05) is 16.8 Å². The smallest absolute Gasteiger partial charge is 0.258 e. The van der Waals surface area contributed by atoms with Gasteiger partial charge in [0.15, 0.2) is 5.82 Å². The molecule has 0 saturated carbocycles. The van der Waals surface area contributed by atoms with Gasteiger partial charge in [-0.2, -0.15) is 4.98 Å². The lowest BCUT2D eigenvalue weighted by atomic mass is 10.2. The molecule has 0 atom stereocenters. The van der Waals surface area contributed by atoms with Crippen molar-refractivity contribution in [2.75, 3.05) is 7.05 Å². The molecule has 0 fully saturated rings. The van der Waals surface area contributed by atoms with E-state index < -0.39 is 0 Å². The van der Waals surface area contributed by atoms with Gasteiger partial charge in [-0.15, -0.1) is 0 Å². The van der Waals surface area contributed by atoms with Gasteiger partial charge in [-0.3, -0.25) is 0 Å². The Morgan fingerprint density at radius 1 is 1.50 bits per heavy atom. The molecule has 84 valence electrons. The SMILES string of the molecule is CNCc1noc(-c2ccc(I)c(Cl)c2)n1. The minimum Gasteiger partial charge on any atom is -0.334 e. The van der Waals surface area contributed by atoms with Crippen LogP contribution in [-0.2, 0) is 6.54 Å². The van der Waals surface area contributed by atoms with Crippen LogP contribution in [0.15, 0.2) is 22.7 Å². The topological polar surface area (TPSA) is 51.0 Å². The van der Waals surface area contributed by atoms with E-state index in [1.165, 1.54) is 0 Å². The summed E-state index contributed by atoms with van der Waals surface area (Å²) in [5.74, 6) is 1.12. The predicted molar refractivity (Wildman–Crippen MR) is 70.2 cm³/mol. The predicted octanol–water partition coefficient (Wildman–Crippen LogP) is 2.71. The molecular weight excluding hydrogens is 340 g/mol. The number of hydrogen-bond donors (Lipinski definition) is 1. The Morgan fingerprint density at radius 3 is 3.00 bits per heavy atom. The van der Waals surface area contributed by atoms with Crippen molar-refractivity contribution in [3.63, 3.8) is 0 Å². The van der Waals surface area contributed by atoms with Gasteiger partial charge in [0.2, 0.25) is 0 Å². The molecule has 0 spiro atoms. The maximum absolute atomic E-state index is 6.02. The second-order valence-corrected chi connectivity index (χ2v) is 4.74. The fourth-order valence-electron chi connectivity index (χ4n) is 1.23. The molecule has 0 unspecified atom stereocenters. The van der Waals surface area contributed by atoms with Crippen LogP contribution in [0, 0.1) is 3.57 Å². The number of benzene rings is 1. The molecule has 2 rings (SSSR count). The maximum atomic E-state index is 6.02. The zero-order valence-electron chi connectivity index (χ0n) is 8.50. The molecule has 0 aliphatic rings. The van der Waals surface area contributed by atoms with Gasteiger partial charge in [0.1, 0.15) is 0 Å². The van der Waals surface area contributed by atoms with Gasteiger partial charge in [-0.05, 0) is 47.8 Å². The number of hydrogen-bond acceptors (Lipinski definition) is 4. The Morgan fingerprint density at radius 2 is 2.31 bits per heavy atom. The van der Waals surface area contributed by atoms with Gasteiger partial charge < -0.3 is 9.84 Å². The number of nitrogens with zero attached hydrogens (tertiary/aromatic N) is 2. The minimum atomic E-state index is 0.489. The zero-order valence-corrected chi connectivity index (χ0v) is 11.4. The van der Waals surface area contributed by atoms with E-state index in [-0.39, 0.29) is 0 Å². The fourth-order valence-corrected chi connectivity index (χ4v) is 1.75. The quantitative estimate of drug-likeness (QED) is 0.866. The van der Waals surface area contributed by atoms with Crippen LogP contribution in [0.1, 0.15) is 5.82 Å². The van der Waals surface area contributed by atoms with E-state index in [0.717, 1.165) is 9.13 Å². The van der Waals surface area contributed by atoms with E-state index in [9.17, 15) is 0 Å². The first-order chi connectivity index (χ1) is 7.70. The monoisotopic (exact) mass is 349 g/mol. The zero-order chi connectivity index (χ0) is 11.5. The van der Waals surface area contributed by atoms with Gasteiger partial charge in [0.05, 0.1) is 11.6 Å². The Balaban J connectivity index is 2.31. The van der Waals surface area contributed by atoms with Crippen LogP contribution >= 0.6 is 34.2 Å². The number of aromatic nitrogens is 2. The van der Waals surface area contributed by atoms with Gasteiger partial charge in [0.25, 0.3) is 5.89 Å². The second kappa shape index (κ2) is 5.11. The molecule has 16 heavy (non-hydrogen) atoms. The van der Waals surface area contributed by atoms with Crippen LogP contribution < -0.4 is 5.32 Å². The third kappa shape index (κ3) is 2.53. The summed E-state index contributed by atoms with van der Waals surface area (Å²) in [5.41, 5.74) is 0.834. The molecule has 1 aromatic heterocycles. The normalized spacial score (nSPS) is 10.7. The Kier molecular flexibility index (Phi) is 3.78. The molecule has 1 N–H and O–H groups in total. The third-order valence-corrected chi connectivity index (χ3v) is 3.54. The minimum absolute atomic E-state index is 0.489. The highest BCUT2D eigenvalue weighted by atomic mass is 127. The van der Waals surface area contributed by atoms with Crippen LogP contribution in [0.4, 0.5) is 0 Å². The summed E-state index contributed by atoms with van der Waals surface area (Å²) in [5, 5.41) is 7.48. The van der Waals surface area contributed by atoms with Crippen molar-refractivity contribution >= 4 is 34.2 Å². The van der Waals surface area contributed by atoms with Crippen LogP contribution in [0.5, 0.6) is 0 Å². The third-order valence-electron chi connectivity index (χ3n) is 1.97. The maximum Gasteiger partial charge on any atom is 0.258 e. The summed E-state index contributed by atoms with van der Waals surface area (Å²) in [6.07, 6.45) is 0. The van der Waals surface area contributed by atoms with Crippen molar-refractivity contribution in [3.8, 4) is 11.5 Å². The Bertz CT molecular complexity index is 501. The first-order valence-corrected chi connectivity index (χ1v) is 6.09.